The number of carbonyl (C=O) groups is 1. The van der Waals surface area contributed by atoms with Crippen molar-refractivity contribution in [1.29, 1.82) is 0 Å². The van der Waals surface area contributed by atoms with Gasteiger partial charge in [-0.15, -0.1) is 0 Å². The number of benzene rings is 2. The molecule has 1 atom stereocenters. The molecule has 0 radical (unpaired) electrons. The van der Waals surface area contributed by atoms with Gasteiger partial charge in [0.25, 0.3) is 5.91 Å². The number of imidazole rings is 1. The second-order valence-electron chi connectivity index (χ2n) is 8.74. The van der Waals surface area contributed by atoms with E-state index >= 15 is 0 Å². The standard InChI is InChI=1S/C24H24N6O3/c1-15-4-6-18(30-25-9-10-26-30)16(14-15)22(31)29-11-3-8-24(29,2)23-27-17-5-7-19-21(20(17)28-23)33-13-12-32-19/h4-7,9-10,14H,3,8,11-13H2,1-2H3,(H,27,28). The van der Waals surface area contributed by atoms with E-state index in [0.29, 0.717) is 42.5 Å². The number of likely N-dealkylation sites (tertiary alicyclic amines) is 1. The molecule has 1 amide bonds. The Morgan fingerprint density at radius 1 is 1.12 bits per heavy atom. The molecule has 1 fully saturated rings. The average Bonchev–Trinajstić information content (AvgIpc) is 3.58. The van der Waals surface area contributed by atoms with Crippen LogP contribution in [0.1, 0.15) is 41.5 Å². The van der Waals surface area contributed by atoms with Gasteiger partial charge in [0, 0.05) is 6.54 Å². The number of H-pyrrole nitrogens is 1. The molecule has 1 N–H and O–H groups in total. The number of carbonyl (C=O) groups excluding carboxylic acids is 1. The van der Waals surface area contributed by atoms with Crippen LogP contribution in [0.15, 0.2) is 42.7 Å². The molecule has 33 heavy (non-hydrogen) atoms. The summed E-state index contributed by atoms with van der Waals surface area (Å²) in [6.45, 7) is 5.71. The van der Waals surface area contributed by atoms with Crippen molar-refractivity contribution >= 4 is 16.9 Å². The molecule has 4 heterocycles. The Bertz CT molecular complexity index is 1360. The topological polar surface area (TPSA) is 98.2 Å². The van der Waals surface area contributed by atoms with Gasteiger partial charge in [-0.25, -0.2) is 4.98 Å². The molecule has 9 heteroatoms. The second-order valence-corrected chi connectivity index (χ2v) is 8.74. The molecule has 2 aromatic heterocycles. The van der Waals surface area contributed by atoms with Crippen molar-refractivity contribution in [2.45, 2.75) is 32.2 Å². The van der Waals surface area contributed by atoms with E-state index in [1.807, 2.05) is 42.2 Å². The highest BCUT2D eigenvalue weighted by molar-refractivity contribution is 5.98. The summed E-state index contributed by atoms with van der Waals surface area (Å²) in [5.74, 6) is 2.05. The van der Waals surface area contributed by atoms with Gasteiger partial charge in [0.15, 0.2) is 11.5 Å². The smallest absolute Gasteiger partial charge is 0.256 e. The molecular formula is C24H24N6O3. The monoisotopic (exact) mass is 444 g/mol. The zero-order valence-corrected chi connectivity index (χ0v) is 18.5. The van der Waals surface area contributed by atoms with Gasteiger partial charge in [-0.3, -0.25) is 4.79 Å². The Morgan fingerprint density at radius 3 is 2.79 bits per heavy atom. The third-order valence-electron chi connectivity index (χ3n) is 6.57. The molecule has 0 bridgehead atoms. The fraction of sp³-hybridized carbons (Fsp3) is 0.333. The normalized spacial score (nSPS) is 19.9. The van der Waals surface area contributed by atoms with Gasteiger partial charge < -0.3 is 19.4 Å². The zero-order chi connectivity index (χ0) is 22.6. The lowest BCUT2D eigenvalue weighted by atomic mass is 9.96. The second kappa shape index (κ2) is 7.33. The Labute approximate surface area is 190 Å². The quantitative estimate of drug-likeness (QED) is 0.520. The number of fused-ring (bicyclic) bond motifs is 3. The molecule has 0 spiro atoms. The van der Waals surface area contributed by atoms with Gasteiger partial charge in [0.2, 0.25) is 0 Å². The number of rotatable bonds is 3. The fourth-order valence-corrected chi connectivity index (χ4v) is 4.85. The summed E-state index contributed by atoms with van der Waals surface area (Å²) in [7, 11) is 0. The van der Waals surface area contributed by atoms with E-state index in [-0.39, 0.29) is 5.91 Å². The van der Waals surface area contributed by atoms with Crippen molar-refractivity contribution in [3.05, 3.63) is 59.7 Å². The van der Waals surface area contributed by atoms with Crippen molar-refractivity contribution in [1.82, 2.24) is 29.9 Å². The predicted molar refractivity (Wildman–Crippen MR) is 121 cm³/mol. The minimum absolute atomic E-state index is 0.0620. The Morgan fingerprint density at radius 2 is 1.94 bits per heavy atom. The van der Waals surface area contributed by atoms with Crippen molar-refractivity contribution in [2.24, 2.45) is 0 Å². The summed E-state index contributed by atoms with van der Waals surface area (Å²) in [5.41, 5.74) is 3.25. The molecule has 0 saturated carbocycles. The molecule has 0 aliphatic carbocycles. The minimum atomic E-state index is -0.586. The number of aromatic amines is 1. The summed E-state index contributed by atoms with van der Waals surface area (Å²) in [6.07, 6.45) is 4.90. The highest BCUT2D eigenvalue weighted by atomic mass is 16.6. The Balaban J connectivity index is 1.42. The third kappa shape index (κ3) is 3.06. The van der Waals surface area contributed by atoms with Crippen LogP contribution in [-0.2, 0) is 5.54 Å². The fourth-order valence-electron chi connectivity index (χ4n) is 4.85. The van der Waals surface area contributed by atoms with Crippen LogP contribution in [0.25, 0.3) is 16.7 Å². The maximum atomic E-state index is 13.9. The zero-order valence-electron chi connectivity index (χ0n) is 18.5. The molecule has 2 aliphatic rings. The molecule has 2 aliphatic heterocycles. The van der Waals surface area contributed by atoms with Gasteiger partial charge in [-0.05, 0) is 51.0 Å². The van der Waals surface area contributed by atoms with Crippen LogP contribution in [0.2, 0.25) is 0 Å². The maximum Gasteiger partial charge on any atom is 0.256 e. The van der Waals surface area contributed by atoms with Gasteiger partial charge in [0.05, 0.1) is 34.7 Å². The first-order chi connectivity index (χ1) is 16.0. The first-order valence-electron chi connectivity index (χ1n) is 11.1. The van der Waals surface area contributed by atoms with E-state index in [1.54, 1.807) is 12.4 Å². The largest absolute Gasteiger partial charge is 0.486 e. The van der Waals surface area contributed by atoms with Gasteiger partial charge in [-0.2, -0.15) is 15.0 Å². The van der Waals surface area contributed by atoms with Crippen LogP contribution in [0.5, 0.6) is 11.5 Å². The van der Waals surface area contributed by atoms with Crippen LogP contribution >= 0.6 is 0 Å². The van der Waals surface area contributed by atoms with Crippen LogP contribution in [-0.4, -0.2) is 55.5 Å². The van der Waals surface area contributed by atoms with Gasteiger partial charge in [-0.1, -0.05) is 11.6 Å². The van der Waals surface area contributed by atoms with E-state index in [9.17, 15) is 4.79 Å². The first kappa shape index (κ1) is 19.8. The molecule has 4 aromatic rings. The highest BCUT2D eigenvalue weighted by Gasteiger charge is 2.44. The molecule has 168 valence electrons. The highest BCUT2D eigenvalue weighted by Crippen LogP contribution is 2.42. The lowest BCUT2D eigenvalue weighted by Gasteiger charge is -2.34. The number of ether oxygens (including phenoxy) is 2. The van der Waals surface area contributed by atoms with E-state index in [4.69, 9.17) is 14.5 Å². The van der Waals surface area contributed by atoms with Crippen molar-refractivity contribution in [3.63, 3.8) is 0 Å². The molecule has 1 saturated heterocycles. The van der Waals surface area contributed by atoms with E-state index in [0.717, 1.165) is 35.3 Å². The number of nitrogens with one attached hydrogen (secondary N) is 1. The number of nitrogens with zero attached hydrogens (tertiary/aromatic N) is 5. The Kier molecular flexibility index (Phi) is 4.39. The van der Waals surface area contributed by atoms with E-state index < -0.39 is 5.54 Å². The number of hydrogen-bond donors (Lipinski definition) is 1. The third-order valence-corrected chi connectivity index (χ3v) is 6.57. The van der Waals surface area contributed by atoms with Crippen LogP contribution in [0, 0.1) is 6.92 Å². The number of amides is 1. The number of aromatic nitrogens is 5. The summed E-state index contributed by atoms with van der Waals surface area (Å²) >= 11 is 0. The molecule has 9 nitrogen and oxygen atoms in total. The van der Waals surface area contributed by atoms with Gasteiger partial charge >= 0.3 is 0 Å². The lowest BCUT2D eigenvalue weighted by Crippen LogP contribution is -2.44. The molecule has 2 aromatic carbocycles. The average molecular weight is 444 g/mol. The predicted octanol–water partition coefficient (Wildman–Crippen LogP) is 3.37. The summed E-state index contributed by atoms with van der Waals surface area (Å²) in [5, 5.41) is 8.48. The lowest BCUT2D eigenvalue weighted by molar-refractivity contribution is 0.0605. The number of hydrogen-bond acceptors (Lipinski definition) is 6. The number of aryl methyl sites for hydroxylation is 1. The van der Waals surface area contributed by atoms with Crippen molar-refractivity contribution in [2.75, 3.05) is 19.8 Å². The molecule has 1 unspecified atom stereocenters. The van der Waals surface area contributed by atoms with Crippen LogP contribution < -0.4 is 9.47 Å². The van der Waals surface area contributed by atoms with E-state index in [1.165, 1.54) is 4.80 Å². The van der Waals surface area contributed by atoms with Crippen LogP contribution in [0.4, 0.5) is 0 Å². The van der Waals surface area contributed by atoms with Gasteiger partial charge in [0.1, 0.15) is 24.6 Å². The Hall–Kier alpha value is -3.88. The SMILES string of the molecule is Cc1ccc(-n2nccn2)c(C(=O)N2CCCC2(C)c2nc3c4c(ccc3[nH]2)OCCO4)c1. The molecule has 6 rings (SSSR count). The van der Waals surface area contributed by atoms with Crippen LogP contribution in [0.3, 0.4) is 0 Å². The van der Waals surface area contributed by atoms with Crippen molar-refractivity contribution < 1.29 is 14.3 Å². The summed E-state index contributed by atoms with van der Waals surface area (Å²) in [4.78, 5) is 25.7. The maximum absolute atomic E-state index is 13.9. The minimum Gasteiger partial charge on any atom is -0.486 e. The first-order valence-corrected chi connectivity index (χ1v) is 11.1. The van der Waals surface area contributed by atoms with Crippen molar-refractivity contribution in [3.8, 4) is 17.2 Å². The van der Waals surface area contributed by atoms with E-state index in [2.05, 4.69) is 22.1 Å². The summed E-state index contributed by atoms with van der Waals surface area (Å²) < 4.78 is 11.6. The molecular weight excluding hydrogens is 420 g/mol. The summed E-state index contributed by atoms with van der Waals surface area (Å²) in [6, 6.07) is 9.60.